The number of rotatable bonds is 6. The van der Waals surface area contributed by atoms with Crippen LogP contribution in [0.3, 0.4) is 0 Å². The molecule has 2 aromatic rings. The van der Waals surface area contributed by atoms with E-state index in [0.29, 0.717) is 29.2 Å². The summed E-state index contributed by atoms with van der Waals surface area (Å²) in [6, 6.07) is 9.79. The maximum Gasteiger partial charge on any atom is 0.233 e. The van der Waals surface area contributed by atoms with Gasteiger partial charge in [-0.3, -0.25) is 4.79 Å². The molecular formula is C21H26ClN5O2S. The number of piperazine rings is 1. The van der Waals surface area contributed by atoms with E-state index in [2.05, 4.69) is 25.8 Å². The molecule has 0 bridgehead atoms. The number of thioether (sulfide) groups is 1. The van der Waals surface area contributed by atoms with Crippen molar-refractivity contribution in [2.24, 2.45) is 0 Å². The smallest absolute Gasteiger partial charge is 0.233 e. The zero-order valence-electron chi connectivity index (χ0n) is 17.1. The molecule has 160 valence electrons. The van der Waals surface area contributed by atoms with E-state index in [1.807, 2.05) is 23.1 Å². The van der Waals surface area contributed by atoms with Gasteiger partial charge in [-0.1, -0.05) is 35.5 Å². The molecule has 1 aromatic carbocycles. The summed E-state index contributed by atoms with van der Waals surface area (Å²) in [5, 5.41) is 0.984. The Kier molecular flexibility index (Phi) is 6.84. The normalized spacial score (nSPS) is 16.8. The Morgan fingerprint density at radius 1 is 1.07 bits per heavy atom. The molecule has 7 nitrogen and oxygen atoms in total. The van der Waals surface area contributed by atoms with Crippen molar-refractivity contribution in [3.63, 3.8) is 0 Å². The van der Waals surface area contributed by atoms with Crippen molar-refractivity contribution in [3.05, 3.63) is 35.5 Å². The summed E-state index contributed by atoms with van der Waals surface area (Å²) in [7, 11) is 1.68. The zero-order chi connectivity index (χ0) is 20.9. The van der Waals surface area contributed by atoms with E-state index in [4.69, 9.17) is 16.3 Å². The van der Waals surface area contributed by atoms with Gasteiger partial charge in [0.15, 0.2) is 5.16 Å². The first-order chi connectivity index (χ1) is 14.6. The van der Waals surface area contributed by atoms with E-state index in [1.165, 1.54) is 24.6 Å². The molecule has 2 aliphatic heterocycles. The fourth-order valence-corrected chi connectivity index (χ4v) is 4.85. The number of hydrogen-bond donors (Lipinski definition) is 0. The largest absolute Gasteiger partial charge is 0.495 e. The van der Waals surface area contributed by atoms with Crippen LogP contribution in [0.15, 0.2) is 35.5 Å². The first-order valence-corrected chi connectivity index (χ1v) is 11.6. The highest BCUT2D eigenvalue weighted by atomic mass is 35.5. The van der Waals surface area contributed by atoms with Gasteiger partial charge < -0.3 is 19.4 Å². The summed E-state index contributed by atoms with van der Waals surface area (Å²) in [6.45, 7) is 4.92. The van der Waals surface area contributed by atoms with Crippen LogP contribution in [-0.4, -0.2) is 72.9 Å². The third-order valence-electron chi connectivity index (χ3n) is 5.47. The average Bonchev–Trinajstić information content (AvgIpc) is 3.32. The standard InChI is InChI=1S/C21H26ClN5O2S/c1-29-17-7-3-2-6-16(17)25-10-12-27(13-11-25)20(28)15-30-21-23-18(22)14-19(24-21)26-8-4-5-9-26/h2-3,6-7,14H,4-5,8-13,15H2,1H3. The fraction of sp³-hybridized carbons (Fsp3) is 0.476. The van der Waals surface area contributed by atoms with Crippen LogP contribution in [0.5, 0.6) is 5.75 Å². The van der Waals surface area contributed by atoms with Crippen molar-refractivity contribution < 1.29 is 9.53 Å². The molecule has 2 aliphatic rings. The second-order valence-electron chi connectivity index (χ2n) is 7.35. The van der Waals surface area contributed by atoms with E-state index in [0.717, 1.165) is 43.4 Å². The minimum absolute atomic E-state index is 0.103. The van der Waals surface area contributed by atoms with Crippen LogP contribution in [0.4, 0.5) is 11.5 Å². The minimum Gasteiger partial charge on any atom is -0.495 e. The van der Waals surface area contributed by atoms with Gasteiger partial charge in [0.25, 0.3) is 0 Å². The number of aromatic nitrogens is 2. The van der Waals surface area contributed by atoms with Crippen molar-refractivity contribution >= 4 is 40.8 Å². The van der Waals surface area contributed by atoms with E-state index < -0.39 is 0 Å². The Balaban J connectivity index is 1.31. The SMILES string of the molecule is COc1ccccc1N1CCN(C(=O)CSc2nc(Cl)cc(N3CCCC3)n2)CC1. The molecular weight excluding hydrogens is 422 g/mol. The topological polar surface area (TPSA) is 61.8 Å². The molecule has 9 heteroatoms. The quantitative estimate of drug-likeness (QED) is 0.383. The van der Waals surface area contributed by atoms with Gasteiger partial charge in [0, 0.05) is 45.3 Å². The average molecular weight is 448 g/mol. The molecule has 0 spiro atoms. The molecule has 0 unspecified atom stereocenters. The predicted molar refractivity (Wildman–Crippen MR) is 121 cm³/mol. The summed E-state index contributed by atoms with van der Waals surface area (Å²) >= 11 is 7.54. The predicted octanol–water partition coefficient (Wildman–Crippen LogP) is 3.18. The van der Waals surface area contributed by atoms with Crippen molar-refractivity contribution in [1.29, 1.82) is 0 Å². The number of amides is 1. The van der Waals surface area contributed by atoms with Crippen molar-refractivity contribution in [2.75, 3.05) is 61.9 Å². The van der Waals surface area contributed by atoms with Gasteiger partial charge in [-0.05, 0) is 25.0 Å². The third kappa shape index (κ3) is 4.92. The summed E-state index contributed by atoms with van der Waals surface area (Å²) in [5.74, 6) is 2.13. The highest BCUT2D eigenvalue weighted by molar-refractivity contribution is 7.99. The minimum atomic E-state index is 0.103. The fourth-order valence-electron chi connectivity index (χ4n) is 3.86. The van der Waals surface area contributed by atoms with E-state index >= 15 is 0 Å². The third-order valence-corrected chi connectivity index (χ3v) is 6.50. The first kappa shape index (κ1) is 21.1. The number of anilines is 2. The highest BCUT2D eigenvalue weighted by Gasteiger charge is 2.23. The van der Waals surface area contributed by atoms with Gasteiger partial charge in [0.2, 0.25) is 5.91 Å². The number of carbonyl (C=O) groups excluding carboxylic acids is 1. The Morgan fingerprint density at radius 2 is 1.80 bits per heavy atom. The van der Waals surface area contributed by atoms with Gasteiger partial charge in [-0.15, -0.1) is 0 Å². The molecule has 0 saturated carbocycles. The Morgan fingerprint density at radius 3 is 2.53 bits per heavy atom. The van der Waals surface area contributed by atoms with E-state index in [1.54, 1.807) is 13.2 Å². The van der Waals surface area contributed by atoms with Crippen LogP contribution in [0.25, 0.3) is 0 Å². The molecule has 4 rings (SSSR count). The van der Waals surface area contributed by atoms with Crippen LogP contribution >= 0.6 is 23.4 Å². The number of halogens is 1. The molecule has 0 aliphatic carbocycles. The van der Waals surface area contributed by atoms with Crippen LogP contribution in [0.2, 0.25) is 5.15 Å². The number of methoxy groups -OCH3 is 1. The second kappa shape index (κ2) is 9.75. The number of carbonyl (C=O) groups is 1. The molecule has 0 N–H and O–H groups in total. The molecule has 30 heavy (non-hydrogen) atoms. The molecule has 0 radical (unpaired) electrons. The van der Waals surface area contributed by atoms with Crippen LogP contribution in [0.1, 0.15) is 12.8 Å². The monoisotopic (exact) mass is 447 g/mol. The molecule has 1 amide bonds. The van der Waals surface area contributed by atoms with Crippen molar-refractivity contribution in [2.45, 2.75) is 18.0 Å². The number of ether oxygens (including phenoxy) is 1. The molecule has 2 saturated heterocycles. The lowest BCUT2D eigenvalue weighted by molar-refractivity contribution is -0.128. The van der Waals surface area contributed by atoms with Crippen LogP contribution in [0, 0.1) is 0 Å². The van der Waals surface area contributed by atoms with Gasteiger partial charge in [0.05, 0.1) is 18.6 Å². The van der Waals surface area contributed by atoms with Crippen LogP contribution in [-0.2, 0) is 4.79 Å². The number of nitrogens with zero attached hydrogens (tertiary/aromatic N) is 5. The number of para-hydroxylation sites is 2. The van der Waals surface area contributed by atoms with Crippen LogP contribution < -0.4 is 14.5 Å². The number of benzene rings is 1. The van der Waals surface area contributed by atoms with E-state index in [9.17, 15) is 4.79 Å². The Labute approximate surface area is 186 Å². The molecule has 1 aromatic heterocycles. The number of hydrogen-bond acceptors (Lipinski definition) is 7. The zero-order valence-corrected chi connectivity index (χ0v) is 18.7. The molecule has 2 fully saturated rings. The lowest BCUT2D eigenvalue weighted by Gasteiger charge is -2.36. The first-order valence-electron chi connectivity index (χ1n) is 10.2. The summed E-state index contributed by atoms with van der Waals surface area (Å²) in [6.07, 6.45) is 2.34. The summed E-state index contributed by atoms with van der Waals surface area (Å²) < 4.78 is 5.46. The molecule has 3 heterocycles. The lowest BCUT2D eigenvalue weighted by atomic mass is 10.2. The van der Waals surface area contributed by atoms with Gasteiger partial charge in [-0.25, -0.2) is 9.97 Å². The van der Waals surface area contributed by atoms with Crippen molar-refractivity contribution in [3.8, 4) is 5.75 Å². The maximum atomic E-state index is 12.7. The highest BCUT2D eigenvalue weighted by Crippen LogP contribution is 2.29. The van der Waals surface area contributed by atoms with Gasteiger partial charge in [0.1, 0.15) is 16.7 Å². The maximum absolute atomic E-state index is 12.7. The lowest BCUT2D eigenvalue weighted by Crippen LogP contribution is -2.49. The summed E-state index contributed by atoms with van der Waals surface area (Å²) in [4.78, 5) is 28.0. The van der Waals surface area contributed by atoms with Gasteiger partial charge >= 0.3 is 0 Å². The van der Waals surface area contributed by atoms with Gasteiger partial charge in [-0.2, -0.15) is 0 Å². The molecule has 0 atom stereocenters. The Hall–Kier alpha value is -2.19. The summed E-state index contributed by atoms with van der Waals surface area (Å²) in [5.41, 5.74) is 1.07. The second-order valence-corrected chi connectivity index (χ2v) is 8.68. The Bertz CT molecular complexity index is 885. The van der Waals surface area contributed by atoms with Crippen molar-refractivity contribution in [1.82, 2.24) is 14.9 Å². The van der Waals surface area contributed by atoms with E-state index in [-0.39, 0.29) is 5.91 Å².